The van der Waals surface area contributed by atoms with Gasteiger partial charge in [-0.15, -0.1) is 5.10 Å². The Hall–Kier alpha value is -2.68. The summed E-state index contributed by atoms with van der Waals surface area (Å²) >= 11 is 4.91. The van der Waals surface area contributed by atoms with Gasteiger partial charge in [0.1, 0.15) is 0 Å². The van der Waals surface area contributed by atoms with E-state index in [0.29, 0.717) is 28.6 Å². The first-order valence-electron chi connectivity index (χ1n) is 7.66. The number of hydrogen-bond donors (Lipinski definition) is 3. The zero-order valence-electron chi connectivity index (χ0n) is 12.9. The average Bonchev–Trinajstić information content (AvgIpc) is 3.16. The fraction of sp³-hybridized carbons (Fsp3) is 0.333. The minimum Gasteiger partial charge on any atom is -0.409 e. The fourth-order valence-electron chi connectivity index (χ4n) is 2.81. The van der Waals surface area contributed by atoms with Crippen molar-refractivity contribution in [3.63, 3.8) is 0 Å². The molecule has 4 rings (SSSR count). The van der Waals surface area contributed by atoms with Crippen LogP contribution in [0.15, 0.2) is 22.9 Å². The molecule has 1 fully saturated rings. The van der Waals surface area contributed by atoms with E-state index in [4.69, 9.17) is 22.4 Å². The first-order chi connectivity index (χ1) is 11.5. The molecule has 3 heterocycles. The minimum absolute atomic E-state index is 0.201. The number of carbonyl (C=O) groups excluding carboxylic acids is 1. The van der Waals surface area contributed by atoms with Gasteiger partial charge in [-0.25, -0.2) is 9.61 Å². The van der Waals surface area contributed by atoms with E-state index < -0.39 is 5.91 Å². The third-order valence-electron chi connectivity index (χ3n) is 4.29. The molecule has 124 valence electrons. The van der Waals surface area contributed by atoms with Crippen LogP contribution in [0.25, 0.3) is 17.0 Å². The van der Waals surface area contributed by atoms with Crippen LogP contribution in [-0.4, -0.2) is 31.8 Å². The molecule has 0 aromatic carbocycles. The molecule has 0 radical (unpaired) electrons. The molecule has 1 amide bonds. The lowest BCUT2D eigenvalue weighted by atomic mass is 10.1. The quantitative estimate of drug-likeness (QED) is 0.612. The Morgan fingerprint density at radius 3 is 3.00 bits per heavy atom. The van der Waals surface area contributed by atoms with Crippen LogP contribution in [-0.2, 0) is 0 Å². The summed E-state index contributed by atoms with van der Waals surface area (Å²) in [4.78, 5) is 12.0. The lowest BCUT2D eigenvalue weighted by Gasteiger charge is -2.17. The molecule has 3 aromatic heterocycles. The first-order valence-corrected chi connectivity index (χ1v) is 8.07. The third kappa shape index (κ3) is 2.56. The van der Waals surface area contributed by atoms with Crippen LogP contribution < -0.4 is 11.1 Å². The zero-order chi connectivity index (χ0) is 16.8. The van der Waals surface area contributed by atoms with Gasteiger partial charge in [0.25, 0.3) is 10.7 Å². The average molecular weight is 344 g/mol. The summed E-state index contributed by atoms with van der Waals surface area (Å²) in [6, 6.07) is 2.09. The van der Waals surface area contributed by atoms with E-state index in [1.807, 2.05) is 6.07 Å². The van der Waals surface area contributed by atoms with Gasteiger partial charge < -0.3 is 15.5 Å². The van der Waals surface area contributed by atoms with Crippen molar-refractivity contribution in [1.82, 2.24) is 19.8 Å². The van der Waals surface area contributed by atoms with Gasteiger partial charge in [-0.05, 0) is 44.0 Å². The van der Waals surface area contributed by atoms with E-state index in [2.05, 4.69) is 27.5 Å². The number of aromatic amines is 1. The molecule has 8 nitrogen and oxygen atoms in total. The summed E-state index contributed by atoms with van der Waals surface area (Å²) in [6.07, 6.45) is 5.63. The molecule has 9 heteroatoms. The Kier molecular flexibility index (Phi) is 3.38. The number of anilines is 1. The van der Waals surface area contributed by atoms with Gasteiger partial charge >= 0.3 is 0 Å². The highest BCUT2D eigenvalue weighted by Gasteiger charge is 2.29. The molecule has 4 N–H and O–H groups in total. The Bertz CT molecular complexity index is 983. The molecule has 1 atom stereocenters. The van der Waals surface area contributed by atoms with Crippen molar-refractivity contribution < 1.29 is 9.21 Å². The number of nitrogens with zero attached hydrogens (tertiary/aromatic N) is 3. The second-order valence-corrected chi connectivity index (χ2v) is 6.42. The number of amides is 1. The summed E-state index contributed by atoms with van der Waals surface area (Å²) in [5.41, 5.74) is 8.00. The number of aromatic nitrogens is 4. The lowest BCUT2D eigenvalue weighted by molar-refractivity contribution is 0.100. The number of fused-ring (bicyclic) bond motifs is 1. The molecule has 0 saturated heterocycles. The molecule has 24 heavy (non-hydrogen) atoms. The standard InChI is InChI=1S/C15H16N6O2S/c1-7(8-2-3-8)18-12-10(13(16)22)5-17-21-6-9(4-11(12)21)14-19-20-15(24)23-14/h4-8,18H,2-3H2,1H3,(H2,16,22)(H,20,24). The Morgan fingerprint density at radius 1 is 1.58 bits per heavy atom. The number of nitrogens with two attached hydrogens (primary N) is 1. The number of rotatable bonds is 5. The molecular weight excluding hydrogens is 328 g/mol. The number of hydrogen-bond acceptors (Lipinski definition) is 6. The predicted octanol–water partition coefficient (Wildman–Crippen LogP) is 2.36. The van der Waals surface area contributed by atoms with Gasteiger partial charge in [0.05, 0.1) is 28.5 Å². The SMILES string of the molecule is CC(Nc1c(C(N)=O)cnn2cc(-c3n[nH]c(=S)o3)cc12)C1CC1. The van der Waals surface area contributed by atoms with Crippen LogP contribution in [0.3, 0.4) is 0 Å². The maximum atomic E-state index is 11.8. The number of nitrogens with one attached hydrogen (secondary N) is 2. The highest BCUT2D eigenvalue weighted by molar-refractivity contribution is 7.71. The molecule has 0 spiro atoms. The van der Waals surface area contributed by atoms with Crippen LogP contribution in [0.5, 0.6) is 0 Å². The van der Waals surface area contributed by atoms with E-state index in [0.717, 1.165) is 5.52 Å². The molecular formula is C15H16N6O2S. The van der Waals surface area contributed by atoms with Crippen molar-refractivity contribution in [3.8, 4) is 11.5 Å². The van der Waals surface area contributed by atoms with Crippen molar-refractivity contribution >= 4 is 29.3 Å². The monoisotopic (exact) mass is 344 g/mol. The molecule has 3 aromatic rings. The molecule has 1 aliphatic rings. The maximum absolute atomic E-state index is 11.8. The zero-order valence-corrected chi connectivity index (χ0v) is 13.8. The van der Waals surface area contributed by atoms with Crippen molar-refractivity contribution in [2.24, 2.45) is 11.7 Å². The summed E-state index contributed by atoms with van der Waals surface area (Å²) < 4.78 is 7.00. The Balaban J connectivity index is 1.84. The van der Waals surface area contributed by atoms with E-state index in [1.165, 1.54) is 19.0 Å². The molecule has 0 bridgehead atoms. The lowest BCUT2D eigenvalue weighted by Crippen LogP contribution is -2.22. The summed E-state index contributed by atoms with van der Waals surface area (Å²) in [6.45, 7) is 2.11. The second-order valence-electron chi connectivity index (χ2n) is 6.04. The maximum Gasteiger partial charge on any atom is 0.284 e. The van der Waals surface area contributed by atoms with Crippen molar-refractivity contribution in [2.45, 2.75) is 25.8 Å². The van der Waals surface area contributed by atoms with E-state index in [9.17, 15) is 4.79 Å². The smallest absolute Gasteiger partial charge is 0.284 e. The van der Waals surface area contributed by atoms with Crippen molar-refractivity contribution in [2.75, 3.05) is 5.32 Å². The number of carbonyl (C=O) groups is 1. The van der Waals surface area contributed by atoms with E-state index in [-0.39, 0.29) is 10.9 Å². The fourth-order valence-corrected chi connectivity index (χ4v) is 2.93. The molecule has 1 saturated carbocycles. The highest BCUT2D eigenvalue weighted by atomic mass is 32.1. The van der Waals surface area contributed by atoms with Gasteiger partial charge in [-0.2, -0.15) is 5.10 Å². The van der Waals surface area contributed by atoms with Crippen LogP contribution in [0.1, 0.15) is 30.1 Å². The molecule has 1 unspecified atom stereocenters. The van der Waals surface area contributed by atoms with Crippen molar-refractivity contribution in [1.29, 1.82) is 0 Å². The predicted molar refractivity (Wildman–Crippen MR) is 90.2 cm³/mol. The minimum atomic E-state index is -0.518. The van der Waals surface area contributed by atoms with Crippen LogP contribution in [0.4, 0.5) is 5.69 Å². The van der Waals surface area contributed by atoms with Gasteiger partial charge in [-0.1, -0.05) is 0 Å². The Morgan fingerprint density at radius 2 is 2.38 bits per heavy atom. The number of H-pyrrole nitrogens is 1. The van der Waals surface area contributed by atoms with Crippen LogP contribution in [0, 0.1) is 10.8 Å². The van der Waals surface area contributed by atoms with Crippen LogP contribution >= 0.6 is 12.2 Å². The highest BCUT2D eigenvalue weighted by Crippen LogP contribution is 2.36. The largest absolute Gasteiger partial charge is 0.409 e. The molecule has 0 aliphatic heterocycles. The normalized spacial score (nSPS) is 15.5. The van der Waals surface area contributed by atoms with Crippen LogP contribution in [0.2, 0.25) is 0 Å². The summed E-state index contributed by atoms with van der Waals surface area (Å²) in [5.74, 6) is 0.473. The Labute approximate surface area is 142 Å². The number of primary amides is 1. The third-order valence-corrected chi connectivity index (χ3v) is 4.46. The van der Waals surface area contributed by atoms with Gasteiger partial charge in [-0.3, -0.25) is 4.79 Å². The summed E-state index contributed by atoms with van der Waals surface area (Å²) in [7, 11) is 0. The first kappa shape index (κ1) is 14.9. The van der Waals surface area contributed by atoms with E-state index >= 15 is 0 Å². The van der Waals surface area contributed by atoms with Gasteiger partial charge in [0.2, 0.25) is 5.89 Å². The van der Waals surface area contributed by atoms with Crippen molar-refractivity contribution in [3.05, 3.63) is 28.9 Å². The summed E-state index contributed by atoms with van der Waals surface area (Å²) in [5, 5.41) is 14.3. The molecule has 1 aliphatic carbocycles. The van der Waals surface area contributed by atoms with Gasteiger partial charge in [0.15, 0.2) is 0 Å². The topological polar surface area (TPSA) is 114 Å². The second kappa shape index (κ2) is 5.45. The van der Waals surface area contributed by atoms with Gasteiger partial charge in [0, 0.05) is 12.2 Å². The van der Waals surface area contributed by atoms with E-state index in [1.54, 1.807) is 10.7 Å².